The molecular formula is C14H15NO. The highest BCUT2D eigenvalue weighted by atomic mass is 16.1. The summed E-state index contributed by atoms with van der Waals surface area (Å²) in [6, 6.07) is 7.44. The number of H-pyrrole nitrogens is 1. The standard InChI is InChI=1S/C14H15NO/c1-9-6-10(2)14(11(3)7-9)13-8-12(16)4-5-15-13/h4-8H,1-3H3,(H,15,16). The first kappa shape index (κ1) is 10.7. The van der Waals surface area contributed by atoms with Crippen LogP contribution in [0.4, 0.5) is 0 Å². The molecule has 16 heavy (non-hydrogen) atoms. The van der Waals surface area contributed by atoms with Crippen molar-refractivity contribution >= 4 is 0 Å². The van der Waals surface area contributed by atoms with Gasteiger partial charge in [0.05, 0.1) is 0 Å². The highest BCUT2D eigenvalue weighted by Gasteiger charge is 2.06. The average Bonchev–Trinajstić information content (AvgIpc) is 2.15. The Balaban J connectivity index is 2.69. The molecule has 0 aliphatic carbocycles. The van der Waals surface area contributed by atoms with Crippen molar-refractivity contribution in [3.63, 3.8) is 0 Å². The molecule has 0 fully saturated rings. The fourth-order valence-electron chi connectivity index (χ4n) is 2.19. The maximum atomic E-state index is 11.3. The highest BCUT2D eigenvalue weighted by Crippen LogP contribution is 2.25. The number of aryl methyl sites for hydroxylation is 3. The van der Waals surface area contributed by atoms with E-state index in [4.69, 9.17) is 0 Å². The lowest BCUT2D eigenvalue weighted by atomic mass is 9.97. The number of hydrogen-bond acceptors (Lipinski definition) is 1. The van der Waals surface area contributed by atoms with E-state index >= 15 is 0 Å². The van der Waals surface area contributed by atoms with E-state index in [2.05, 4.69) is 37.9 Å². The Morgan fingerprint density at radius 1 is 1.00 bits per heavy atom. The van der Waals surface area contributed by atoms with Crippen molar-refractivity contribution in [1.82, 2.24) is 4.98 Å². The Morgan fingerprint density at radius 3 is 2.19 bits per heavy atom. The summed E-state index contributed by atoms with van der Waals surface area (Å²) in [5.41, 5.74) is 5.69. The summed E-state index contributed by atoms with van der Waals surface area (Å²) in [5.74, 6) is 0. The maximum absolute atomic E-state index is 11.3. The summed E-state index contributed by atoms with van der Waals surface area (Å²) >= 11 is 0. The van der Waals surface area contributed by atoms with Gasteiger partial charge < -0.3 is 4.98 Å². The van der Waals surface area contributed by atoms with Crippen LogP contribution in [0, 0.1) is 20.8 Å². The second-order valence-electron chi connectivity index (χ2n) is 4.21. The molecular weight excluding hydrogens is 198 g/mol. The number of aromatic nitrogens is 1. The van der Waals surface area contributed by atoms with E-state index in [1.165, 1.54) is 22.8 Å². The lowest BCUT2D eigenvalue weighted by Gasteiger charge is -2.10. The molecule has 0 saturated heterocycles. The van der Waals surface area contributed by atoms with E-state index in [1.54, 1.807) is 12.3 Å². The zero-order valence-electron chi connectivity index (χ0n) is 9.79. The van der Waals surface area contributed by atoms with Crippen LogP contribution in [0.3, 0.4) is 0 Å². The average molecular weight is 213 g/mol. The topological polar surface area (TPSA) is 32.9 Å². The number of nitrogens with one attached hydrogen (secondary N) is 1. The maximum Gasteiger partial charge on any atom is 0.182 e. The van der Waals surface area contributed by atoms with E-state index in [-0.39, 0.29) is 5.43 Å². The molecule has 82 valence electrons. The molecule has 1 aromatic carbocycles. The quantitative estimate of drug-likeness (QED) is 0.776. The minimum atomic E-state index is 0.0353. The molecule has 2 rings (SSSR count). The van der Waals surface area contributed by atoms with Crippen LogP contribution in [0.1, 0.15) is 16.7 Å². The summed E-state index contributed by atoms with van der Waals surface area (Å²) in [7, 11) is 0. The van der Waals surface area contributed by atoms with Gasteiger partial charge in [-0.15, -0.1) is 0 Å². The first-order chi connectivity index (χ1) is 7.58. The van der Waals surface area contributed by atoms with Gasteiger partial charge in [-0.1, -0.05) is 17.7 Å². The second-order valence-corrected chi connectivity index (χ2v) is 4.21. The van der Waals surface area contributed by atoms with E-state index in [0.717, 1.165) is 11.3 Å². The molecule has 0 unspecified atom stereocenters. The van der Waals surface area contributed by atoms with Crippen molar-refractivity contribution in [2.24, 2.45) is 0 Å². The van der Waals surface area contributed by atoms with Crippen LogP contribution in [0.2, 0.25) is 0 Å². The molecule has 1 heterocycles. The first-order valence-corrected chi connectivity index (χ1v) is 5.35. The molecule has 0 aliphatic rings. The number of pyridine rings is 1. The van der Waals surface area contributed by atoms with Crippen molar-refractivity contribution in [1.29, 1.82) is 0 Å². The molecule has 2 nitrogen and oxygen atoms in total. The Hall–Kier alpha value is -1.83. The van der Waals surface area contributed by atoms with Gasteiger partial charge >= 0.3 is 0 Å². The summed E-state index contributed by atoms with van der Waals surface area (Å²) in [4.78, 5) is 14.5. The van der Waals surface area contributed by atoms with E-state index in [0.29, 0.717) is 0 Å². The Morgan fingerprint density at radius 2 is 1.62 bits per heavy atom. The fourth-order valence-corrected chi connectivity index (χ4v) is 2.19. The van der Waals surface area contributed by atoms with Gasteiger partial charge in [0.1, 0.15) is 0 Å². The molecule has 1 aromatic heterocycles. The number of rotatable bonds is 1. The second kappa shape index (κ2) is 3.97. The smallest absolute Gasteiger partial charge is 0.182 e. The van der Waals surface area contributed by atoms with Gasteiger partial charge in [0.15, 0.2) is 5.43 Å². The van der Waals surface area contributed by atoms with E-state index in [9.17, 15) is 4.79 Å². The van der Waals surface area contributed by atoms with Crippen molar-refractivity contribution in [3.05, 3.63) is 57.4 Å². The lowest BCUT2D eigenvalue weighted by Crippen LogP contribution is -2.00. The van der Waals surface area contributed by atoms with Gasteiger partial charge in [-0.2, -0.15) is 0 Å². The van der Waals surface area contributed by atoms with Gasteiger partial charge in [-0.25, -0.2) is 0 Å². The third kappa shape index (κ3) is 1.91. The van der Waals surface area contributed by atoms with Crippen LogP contribution < -0.4 is 5.43 Å². The zero-order chi connectivity index (χ0) is 11.7. The molecule has 2 aromatic rings. The van der Waals surface area contributed by atoms with Gasteiger partial charge in [0.25, 0.3) is 0 Å². The highest BCUT2D eigenvalue weighted by molar-refractivity contribution is 5.67. The molecule has 0 bridgehead atoms. The Labute approximate surface area is 95.0 Å². The number of aromatic amines is 1. The third-order valence-electron chi connectivity index (χ3n) is 2.72. The predicted octanol–water partition coefficient (Wildman–Crippen LogP) is 2.97. The molecule has 0 saturated carbocycles. The van der Waals surface area contributed by atoms with Crippen LogP contribution in [0.5, 0.6) is 0 Å². The third-order valence-corrected chi connectivity index (χ3v) is 2.72. The largest absolute Gasteiger partial charge is 0.361 e. The Kier molecular flexibility index (Phi) is 2.65. The zero-order valence-corrected chi connectivity index (χ0v) is 9.79. The fraction of sp³-hybridized carbons (Fsp3) is 0.214. The van der Waals surface area contributed by atoms with Crippen LogP contribution in [-0.4, -0.2) is 4.98 Å². The summed E-state index contributed by atoms with van der Waals surface area (Å²) < 4.78 is 0. The van der Waals surface area contributed by atoms with Crippen molar-refractivity contribution in [2.45, 2.75) is 20.8 Å². The molecule has 0 aliphatic heterocycles. The molecule has 0 amide bonds. The summed E-state index contributed by atoms with van der Waals surface area (Å²) in [5, 5.41) is 0. The van der Waals surface area contributed by atoms with E-state index in [1.807, 2.05) is 0 Å². The first-order valence-electron chi connectivity index (χ1n) is 5.35. The Bertz CT molecular complexity index is 558. The van der Waals surface area contributed by atoms with Crippen LogP contribution in [0.25, 0.3) is 11.3 Å². The predicted molar refractivity (Wildman–Crippen MR) is 66.7 cm³/mol. The van der Waals surface area contributed by atoms with Gasteiger partial charge in [0, 0.05) is 29.6 Å². The normalized spacial score (nSPS) is 10.4. The van der Waals surface area contributed by atoms with Crippen LogP contribution in [-0.2, 0) is 0 Å². The van der Waals surface area contributed by atoms with Gasteiger partial charge in [-0.3, -0.25) is 4.79 Å². The number of benzene rings is 1. The number of hydrogen-bond donors (Lipinski definition) is 1. The monoisotopic (exact) mass is 213 g/mol. The molecule has 1 N–H and O–H groups in total. The molecule has 0 radical (unpaired) electrons. The van der Waals surface area contributed by atoms with Gasteiger partial charge in [0.2, 0.25) is 0 Å². The summed E-state index contributed by atoms with van der Waals surface area (Å²) in [6.45, 7) is 6.22. The minimum absolute atomic E-state index is 0.0353. The van der Waals surface area contributed by atoms with Crippen molar-refractivity contribution in [3.8, 4) is 11.3 Å². The van der Waals surface area contributed by atoms with E-state index < -0.39 is 0 Å². The summed E-state index contributed by atoms with van der Waals surface area (Å²) in [6.07, 6.45) is 1.69. The van der Waals surface area contributed by atoms with Crippen molar-refractivity contribution in [2.75, 3.05) is 0 Å². The van der Waals surface area contributed by atoms with Gasteiger partial charge in [-0.05, 0) is 31.9 Å². The van der Waals surface area contributed by atoms with Crippen LogP contribution in [0.15, 0.2) is 35.3 Å². The minimum Gasteiger partial charge on any atom is -0.361 e. The lowest BCUT2D eigenvalue weighted by molar-refractivity contribution is 1.25. The molecule has 2 heteroatoms. The molecule has 0 atom stereocenters. The van der Waals surface area contributed by atoms with Crippen molar-refractivity contribution < 1.29 is 0 Å². The van der Waals surface area contributed by atoms with Crippen LogP contribution >= 0.6 is 0 Å². The SMILES string of the molecule is Cc1cc(C)c(-c2cc(=O)cc[nH]2)c(C)c1. The molecule has 0 spiro atoms.